The molecule has 4 nitrogen and oxygen atoms in total. The minimum Gasteiger partial charge on any atom is -0.468 e. The molecule has 0 aromatic heterocycles. The molecule has 0 aliphatic rings. The lowest BCUT2D eigenvalue weighted by Crippen LogP contribution is -2.57. The maximum absolute atomic E-state index is 11.9. The molecule has 0 bridgehead atoms. The fraction of sp³-hybridized carbons (Fsp3) is 0.296. The molecule has 3 aromatic rings. The van der Waals surface area contributed by atoms with E-state index in [4.69, 9.17) is 4.74 Å². The van der Waals surface area contributed by atoms with Gasteiger partial charge < -0.3 is 4.74 Å². The van der Waals surface area contributed by atoms with E-state index in [9.17, 15) is 4.79 Å². The summed E-state index contributed by atoms with van der Waals surface area (Å²) in [5, 5.41) is 7.27. The van der Waals surface area contributed by atoms with Crippen molar-refractivity contribution in [1.29, 1.82) is 0 Å². The first-order chi connectivity index (χ1) is 14.9. The second-order valence-corrected chi connectivity index (χ2v) is 8.47. The van der Waals surface area contributed by atoms with E-state index in [1.807, 2.05) is 25.1 Å². The van der Waals surface area contributed by atoms with Gasteiger partial charge in [0.05, 0.1) is 12.6 Å². The van der Waals surface area contributed by atoms with Crippen LogP contribution in [-0.4, -0.2) is 31.2 Å². The molecule has 3 aromatic carbocycles. The van der Waals surface area contributed by atoms with Gasteiger partial charge in [-0.25, -0.2) is 0 Å². The van der Waals surface area contributed by atoms with E-state index in [1.165, 1.54) is 7.11 Å². The molecule has 0 fully saturated rings. The van der Waals surface area contributed by atoms with Gasteiger partial charge in [-0.15, -0.1) is 0 Å². The summed E-state index contributed by atoms with van der Waals surface area (Å²) < 4.78 is 4.89. The lowest BCUT2D eigenvalue weighted by atomic mass is 9.76. The van der Waals surface area contributed by atoms with Crippen molar-refractivity contribution in [3.05, 3.63) is 108 Å². The zero-order chi connectivity index (χ0) is 22.3. The molecule has 0 heterocycles. The maximum atomic E-state index is 11.9. The van der Waals surface area contributed by atoms with Crippen LogP contribution in [0.5, 0.6) is 0 Å². The predicted octanol–water partition coefficient (Wildman–Crippen LogP) is 4.50. The standard InChI is InChI=1S/C27H32N2O2/c1-21(25(30)31-4)29-26(2,3)20-28-27(22-14-8-5-9-15-22,23-16-10-6-11-17-23)24-18-12-7-13-19-24/h5-19,21,28-29H,20H2,1-4H3/t21-/m0/s1. The van der Waals surface area contributed by atoms with Gasteiger partial charge in [0.1, 0.15) is 6.04 Å². The average molecular weight is 417 g/mol. The summed E-state index contributed by atoms with van der Waals surface area (Å²) in [4.78, 5) is 11.9. The number of ether oxygens (including phenoxy) is 1. The number of hydrogen-bond donors (Lipinski definition) is 2. The second kappa shape index (κ2) is 9.90. The van der Waals surface area contributed by atoms with E-state index in [0.29, 0.717) is 6.54 Å². The molecule has 0 aliphatic heterocycles. The van der Waals surface area contributed by atoms with Gasteiger partial charge in [-0.1, -0.05) is 91.0 Å². The molecule has 0 saturated heterocycles. The molecule has 0 radical (unpaired) electrons. The van der Waals surface area contributed by atoms with Crippen LogP contribution in [0.4, 0.5) is 0 Å². The van der Waals surface area contributed by atoms with Crippen molar-refractivity contribution in [3.63, 3.8) is 0 Å². The first kappa shape index (κ1) is 22.7. The molecule has 0 amide bonds. The van der Waals surface area contributed by atoms with Gasteiger partial charge in [-0.05, 0) is 37.5 Å². The van der Waals surface area contributed by atoms with Crippen molar-refractivity contribution in [3.8, 4) is 0 Å². The van der Waals surface area contributed by atoms with Gasteiger partial charge in [0.15, 0.2) is 0 Å². The van der Waals surface area contributed by atoms with Crippen LogP contribution >= 0.6 is 0 Å². The Hall–Kier alpha value is -2.95. The van der Waals surface area contributed by atoms with Crippen LogP contribution in [0.15, 0.2) is 91.0 Å². The Kier molecular flexibility index (Phi) is 7.26. The highest BCUT2D eigenvalue weighted by molar-refractivity contribution is 5.75. The molecule has 162 valence electrons. The lowest BCUT2D eigenvalue weighted by Gasteiger charge is -2.40. The van der Waals surface area contributed by atoms with Gasteiger partial charge in [0.25, 0.3) is 0 Å². The number of benzene rings is 3. The highest BCUT2D eigenvalue weighted by Crippen LogP contribution is 2.37. The predicted molar refractivity (Wildman–Crippen MR) is 126 cm³/mol. The van der Waals surface area contributed by atoms with Crippen molar-refractivity contribution in [2.45, 2.75) is 37.9 Å². The van der Waals surface area contributed by atoms with Crippen LogP contribution in [0.2, 0.25) is 0 Å². The fourth-order valence-electron chi connectivity index (χ4n) is 4.10. The molecule has 0 spiro atoms. The van der Waals surface area contributed by atoms with E-state index in [1.54, 1.807) is 0 Å². The molecular formula is C27H32N2O2. The highest BCUT2D eigenvalue weighted by Gasteiger charge is 2.37. The van der Waals surface area contributed by atoms with E-state index in [-0.39, 0.29) is 11.5 Å². The zero-order valence-corrected chi connectivity index (χ0v) is 18.8. The fourth-order valence-corrected chi connectivity index (χ4v) is 4.10. The highest BCUT2D eigenvalue weighted by atomic mass is 16.5. The van der Waals surface area contributed by atoms with Crippen molar-refractivity contribution >= 4 is 5.97 Å². The third-order valence-electron chi connectivity index (χ3n) is 5.58. The Morgan fingerprint density at radius 1 is 0.806 bits per heavy atom. The Labute approximate surface area is 185 Å². The van der Waals surface area contributed by atoms with Crippen LogP contribution in [0.1, 0.15) is 37.5 Å². The van der Waals surface area contributed by atoms with E-state index in [2.05, 4.69) is 97.3 Å². The van der Waals surface area contributed by atoms with Gasteiger partial charge in [-0.3, -0.25) is 15.4 Å². The van der Waals surface area contributed by atoms with Crippen LogP contribution < -0.4 is 10.6 Å². The minimum atomic E-state index is -0.544. The number of nitrogens with one attached hydrogen (secondary N) is 2. The molecule has 0 saturated carbocycles. The number of esters is 1. The Morgan fingerprint density at radius 2 is 1.19 bits per heavy atom. The SMILES string of the molecule is COC(=O)[C@H](C)NC(C)(C)CNC(c1ccccc1)(c1ccccc1)c1ccccc1. The molecule has 0 aliphatic carbocycles. The van der Waals surface area contributed by atoms with E-state index >= 15 is 0 Å². The number of rotatable bonds is 9. The topological polar surface area (TPSA) is 50.4 Å². The van der Waals surface area contributed by atoms with Crippen LogP contribution in [0.25, 0.3) is 0 Å². The molecule has 31 heavy (non-hydrogen) atoms. The smallest absolute Gasteiger partial charge is 0.322 e. The van der Waals surface area contributed by atoms with Gasteiger partial charge in [-0.2, -0.15) is 0 Å². The summed E-state index contributed by atoms with van der Waals surface area (Å²) in [7, 11) is 1.41. The summed E-state index contributed by atoms with van der Waals surface area (Å²) in [6.45, 7) is 6.62. The molecular weight excluding hydrogens is 384 g/mol. The summed E-state index contributed by atoms with van der Waals surface area (Å²) in [6.07, 6.45) is 0. The maximum Gasteiger partial charge on any atom is 0.322 e. The number of methoxy groups -OCH3 is 1. The molecule has 3 rings (SSSR count). The Morgan fingerprint density at radius 3 is 1.55 bits per heavy atom. The minimum absolute atomic E-state index is 0.270. The Bertz CT molecular complexity index is 860. The van der Waals surface area contributed by atoms with Crippen LogP contribution in [0.3, 0.4) is 0 Å². The van der Waals surface area contributed by atoms with Crippen LogP contribution in [-0.2, 0) is 15.1 Å². The van der Waals surface area contributed by atoms with E-state index in [0.717, 1.165) is 16.7 Å². The summed E-state index contributed by atoms with van der Waals surface area (Å²) in [5.41, 5.74) is 2.56. The summed E-state index contributed by atoms with van der Waals surface area (Å²) in [6, 6.07) is 31.1. The molecule has 0 unspecified atom stereocenters. The van der Waals surface area contributed by atoms with Gasteiger partial charge in [0.2, 0.25) is 0 Å². The first-order valence-corrected chi connectivity index (χ1v) is 10.7. The van der Waals surface area contributed by atoms with Gasteiger partial charge >= 0.3 is 5.97 Å². The molecule has 1 atom stereocenters. The first-order valence-electron chi connectivity index (χ1n) is 10.7. The Balaban J connectivity index is 2.05. The third-order valence-corrected chi connectivity index (χ3v) is 5.58. The monoisotopic (exact) mass is 416 g/mol. The lowest BCUT2D eigenvalue weighted by molar-refractivity contribution is -0.143. The van der Waals surface area contributed by atoms with Crippen molar-refractivity contribution in [2.75, 3.05) is 13.7 Å². The van der Waals surface area contributed by atoms with E-state index < -0.39 is 11.6 Å². The van der Waals surface area contributed by atoms with Crippen molar-refractivity contribution in [2.24, 2.45) is 0 Å². The zero-order valence-electron chi connectivity index (χ0n) is 18.8. The van der Waals surface area contributed by atoms with Crippen LogP contribution in [0, 0.1) is 0 Å². The normalized spacial score (nSPS) is 12.9. The molecule has 4 heteroatoms. The molecule has 2 N–H and O–H groups in total. The van der Waals surface area contributed by atoms with Crippen molar-refractivity contribution in [1.82, 2.24) is 10.6 Å². The quantitative estimate of drug-likeness (QED) is 0.398. The second-order valence-electron chi connectivity index (χ2n) is 8.47. The largest absolute Gasteiger partial charge is 0.468 e. The van der Waals surface area contributed by atoms with Gasteiger partial charge in [0, 0.05) is 12.1 Å². The number of carbonyl (C=O) groups excluding carboxylic acids is 1. The van der Waals surface area contributed by atoms with Crippen molar-refractivity contribution < 1.29 is 9.53 Å². The number of hydrogen-bond acceptors (Lipinski definition) is 4. The third kappa shape index (κ3) is 5.22. The number of carbonyl (C=O) groups is 1. The summed E-state index contributed by atoms with van der Waals surface area (Å²) >= 11 is 0. The summed E-state index contributed by atoms with van der Waals surface area (Å²) in [5.74, 6) is -0.270. The average Bonchev–Trinajstić information content (AvgIpc) is 2.80.